The van der Waals surface area contributed by atoms with Crippen molar-refractivity contribution < 1.29 is 16.9 Å². The number of nitrogens with zero attached hydrogens (tertiary/aromatic N) is 1. The van der Waals surface area contributed by atoms with E-state index in [1.54, 1.807) is 0 Å². The summed E-state index contributed by atoms with van der Waals surface area (Å²) in [6.45, 7) is 15.2. The summed E-state index contributed by atoms with van der Waals surface area (Å²) in [6.07, 6.45) is 18.5. The Morgan fingerprint density at radius 1 is 0.690 bits per heavy atom. The summed E-state index contributed by atoms with van der Waals surface area (Å²) in [5.74, 6) is 0. The summed E-state index contributed by atoms with van der Waals surface area (Å²) in [5, 5.41) is 0. The van der Waals surface area contributed by atoms with E-state index >= 15 is 0 Å². The zero-order chi connectivity index (χ0) is 20.5. The number of hydrogen-bond donors (Lipinski definition) is 0. The molecule has 0 aliphatic carbocycles. The molecule has 0 aromatic heterocycles. The van der Waals surface area contributed by atoms with E-state index in [2.05, 4.69) is 63.8 Å². The Labute approximate surface area is 189 Å². The molecule has 0 N–H and O–H groups in total. The van der Waals surface area contributed by atoms with Gasteiger partial charge in [-0.25, -0.2) is 0 Å². The smallest absolute Gasteiger partial charge is 0.133 e. The molecule has 29 heavy (non-hydrogen) atoms. The van der Waals surface area contributed by atoms with E-state index in [4.69, 9.17) is 0 Å². The highest BCUT2D eigenvalue weighted by atomic mass is 35.5. The van der Waals surface area contributed by atoms with Gasteiger partial charge in [0.15, 0.2) is 0 Å². The topological polar surface area (TPSA) is 0 Å². The van der Waals surface area contributed by atoms with Gasteiger partial charge < -0.3 is 16.9 Å². The minimum absolute atomic E-state index is 0. The molecule has 0 aliphatic rings. The third-order valence-electron chi connectivity index (χ3n) is 6.33. The van der Waals surface area contributed by atoms with E-state index in [0.717, 1.165) is 0 Å². The van der Waals surface area contributed by atoms with Crippen LogP contribution in [0.3, 0.4) is 0 Å². The molecule has 1 unspecified atom stereocenters. The zero-order valence-corrected chi connectivity index (χ0v) is 20.4. The van der Waals surface area contributed by atoms with E-state index in [0.29, 0.717) is 6.04 Å². The Balaban J connectivity index is 0.00000784. The van der Waals surface area contributed by atoms with Gasteiger partial charge in [-0.3, -0.25) is 0 Å². The van der Waals surface area contributed by atoms with Crippen molar-refractivity contribution >= 4 is 0 Å². The molecule has 0 fully saturated rings. The molecule has 1 rings (SSSR count). The van der Waals surface area contributed by atoms with E-state index < -0.39 is 0 Å². The lowest BCUT2D eigenvalue weighted by Crippen LogP contribution is -3.00. The maximum Gasteiger partial charge on any atom is 0.133 e. The SMILES string of the molecule is C=CC(c1ccccc1)[N+](CCCCCC)(CCCCCC)CCCCCC.[Cl-]. The van der Waals surface area contributed by atoms with Crippen LogP contribution in [0.1, 0.15) is 109 Å². The van der Waals surface area contributed by atoms with E-state index in [-0.39, 0.29) is 12.4 Å². The highest BCUT2D eigenvalue weighted by Gasteiger charge is 2.34. The Morgan fingerprint density at radius 2 is 1.10 bits per heavy atom. The van der Waals surface area contributed by atoms with Crippen LogP contribution >= 0.6 is 0 Å². The van der Waals surface area contributed by atoms with Gasteiger partial charge in [0.2, 0.25) is 0 Å². The molecule has 0 bridgehead atoms. The second-order valence-corrected chi connectivity index (χ2v) is 8.66. The predicted octanol–water partition coefficient (Wildman–Crippen LogP) is 5.48. The molecule has 2 heteroatoms. The Kier molecular flexibility index (Phi) is 17.5. The minimum atomic E-state index is 0. The van der Waals surface area contributed by atoms with E-state index in [9.17, 15) is 0 Å². The maximum absolute atomic E-state index is 4.32. The molecule has 1 nitrogen and oxygen atoms in total. The molecule has 0 radical (unpaired) electrons. The summed E-state index contributed by atoms with van der Waals surface area (Å²) < 4.78 is 1.23. The lowest BCUT2D eigenvalue weighted by Gasteiger charge is -2.45. The van der Waals surface area contributed by atoms with Gasteiger partial charge in [-0.05, 0) is 44.6 Å². The van der Waals surface area contributed by atoms with E-state index in [1.165, 1.54) is 107 Å². The summed E-state index contributed by atoms with van der Waals surface area (Å²) in [5.41, 5.74) is 1.46. The standard InChI is InChI=1S/C27H48N.ClH/c1-5-9-12-18-23-28(24-19-13-10-6-2,25-20-14-11-7-3)27(8-4)26-21-16-15-17-22-26;/h8,15-17,21-22,27H,4-7,9-14,18-20,23-25H2,1-3H3;1H/q+1;/p-1. The molecule has 0 aliphatic heterocycles. The quantitative estimate of drug-likeness (QED) is 0.167. The van der Waals surface area contributed by atoms with Gasteiger partial charge >= 0.3 is 0 Å². The van der Waals surface area contributed by atoms with Crippen LogP contribution < -0.4 is 12.4 Å². The molecule has 1 atom stereocenters. The molecule has 0 spiro atoms. The van der Waals surface area contributed by atoms with Gasteiger partial charge in [0, 0.05) is 5.56 Å². The molecule has 1 aromatic carbocycles. The molecular formula is C27H48ClN. The molecule has 0 saturated carbocycles. The van der Waals surface area contributed by atoms with Crippen LogP contribution in [0.5, 0.6) is 0 Å². The van der Waals surface area contributed by atoms with Crippen LogP contribution in [0, 0.1) is 0 Å². The third-order valence-corrected chi connectivity index (χ3v) is 6.33. The Bertz CT molecular complexity index is 453. The van der Waals surface area contributed by atoms with Gasteiger partial charge in [-0.15, -0.1) is 0 Å². The van der Waals surface area contributed by atoms with Crippen molar-refractivity contribution in [3.63, 3.8) is 0 Å². The summed E-state index contributed by atoms with van der Waals surface area (Å²) >= 11 is 0. The fourth-order valence-corrected chi connectivity index (χ4v) is 4.64. The average molecular weight is 422 g/mol. The van der Waals surface area contributed by atoms with Gasteiger partial charge in [-0.1, -0.05) is 96.2 Å². The van der Waals surface area contributed by atoms with Crippen LogP contribution in [0.4, 0.5) is 0 Å². The highest BCUT2D eigenvalue weighted by molar-refractivity contribution is 5.20. The van der Waals surface area contributed by atoms with Crippen molar-refractivity contribution in [2.24, 2.45) is 0 Å². The fourth-order valence-electron chi connectivity index (χ4n) is 4.64. The number of benzene rings is 1. The first-order valence-corrected chi connectivity index (χ1v) is 12.3. The molecule has 0 amide bonds. The monoisotopic (exact) mass is 421 g/mol. The van der Waals surface area contributed by atoms with Crippen molar-refractivity contribution in [2.45, 2.75) is 104 Å². The molecule has 1 aromatic rings. The minimum Gasteiger partial charge on any atom is -1.00 e. The first-order chi connectivity index (χ1) is 13.7. The largest absolute Gasteiger partial charge is 1.00 e. The van der Waals surface area contributed by atoms with Crippen molar-refractivity contribution in [3.8, 4) is 0 Å². The van der Waals surface area contributed by atoms with Crippen LogP contribution in [0.15, 0.2) is 43.0 Å². The van der Waals surface area contributed by atoms with Crippen LogP contribution in [-0.2, 0) is 0 Å². The predicted molar refractivity (Wildman–Crippen MR) is 127 cm³/mol. The Morgan fingerprint density at radius 3 is 1.45 bits per heavy atom. The number of unbranched alkanes of at least 4 members (excludes halogenated alkanes) is 9. The number of quaternary nitrogens is 1. The molecule has 0 heterocycles. The first-order valence-electron chi connectivity index (χ1n) is 12.3. The summed E-state index contributed by atoms with van der Waals surface area (Å²) in [7, 11) is 0. The summed E-state index contributed by atoms with van der Waals surface area (Å²) in [4.78, 5) is 0. The average Bonchev–Trinajstić information content (AvgIpc) is 2.73. The van der Waals surface area contributed by atoms with Gasteiger partial charge in [0.25, 0.3) is 0 Å². The zero-order valence-electron chi connectivity index (χ0n) is 19.7. The second-order valence-electron chi connectivity index (χ2n) is 8.66. The van der Waals surface area contributed by atoms with E-state index in [1.807, 2.05) is 0 Å². The van der Waals surface area contributed by atoms with Crippen LogP contribution in [0.2, 0.25) is 0 Å². The number of hydrogen-bond acceptors (Lipinski definition) is 0. The van der Waals surface area contributed by atoms with Gasteiger partial charge in [0.1, 0.15) is 6.04 Å². The van der Waals surface area contributed by atoms with Crippen LogP contribution in [0.25, 0.3) is 0 Å². The molecule has 0 saturated heterocycles. The van der Waals surface area contributed by atoms with Crippen molar-refractivity contribution in [3.05, 3.63) is 48.6 Å². The van der Waals surface area contributed by atoms with Gasteiger partial charge in [-0.2, -0.15) is 0 Å². The summed E-state index contributed by atoms with van der Waals surface area (Å²) in [6, 6.07) is 11.6. The maximum atomic E-state index is 4.32. The van der Waals surface area contributed by atoms with Crippen molar-refractivity contribution in [2.75, 3.05) is 19.6 Å². The Hall–Kier alpha value is -0.790. The van der Waals surface area contributed by atoms with Gasteiger partial charge in [0.05, 0.1) is 19.6 Å². The number of rotatable bonds is 18. The number of halogens is 1. The lowest BCUT2D eigenvalue weighted by molar-refractivity contribution is -0.951. The van der Waals surface area contributed by atoms with Crippen molar-refractivity contribution in [1.29, 1.82) is 0 Å². The van der Waals surface area contributed by atoms with Crippen molar-refractivity contribution in [1.82, 2.24) is 0 Å². The lowest BCUT2D eigenvalue weighted by atomic mass is 9.98. The third kappa shape index (κ3) is 10.7. The fraction of sp³-hybridized carbons (Fsp3) is 0.704. The second kappa shape index (κ2) is 18.0. The molecular weight excluding hydrogens is 374 g/mol. The highest BCUT2D eigenvalue weighted by Crippen LogP contribution is 2.33. The first kappa shape index (κ1) is 28.2. The van der Waals surface area contributed by atoms with Crippen LogP contribution in [-0.4, -0.2) is 24.1 Å². The normalized spacial score (nSPS) is 12.4. The molecule has 168 valence electrons.